The molecule has 0 spiro atoms. The smallest absolute Gasteiger partial charge is 0.349 e. The largest absolute Gasteiger partial charge is 0.454 e. The molecule has 0 fully saturated rings. The van der Waals surface area contributed by atoms with Crippen LogP contribution in [0.1, 0.15) is 53.5 Å². The lowest BCUT2D eigenvalue weighted by Gasteiger charge is -2.29. The van der Waals surface area contributed by atoms with Gasteiger partial charge in [-0.3, -0.25) is 9.59 Å². The Balaban J connectivity index is 2.97. The van der Waals surface area contributed by atoms with Crippen molar-refractivity contribution in [3.8, 4) is 5.75 Å². The average molecular weight is 334 g/mol. The van der Waals surface area contributed by atoms with E-state index in [1.807, 2.05) is 46.8 Å². The van der Waals surface area contributed by atoms with Gasteiger partial charge < -0.3 is 9.47 Å². The van der Waals surface area contributed by atoms with Crippen LogP contribution in [0.15, 0.2) is 24.3 Å². The van der Waals surface area contributed by atoms with Gasteiger partial charge in [0.1, 0.15) is 11.5 Å². The van der Waals surface area contributed by atoms with Gasteiger partial charge in [-0.25, -0.2) is 4.79 Å². The zero-order chi connectivity index (χ0) is 18.5. The number of carbonyl (C=O) groups is 3. The Labute approximate surface area is 143 Å². The summed E-state index contributed by atoms with van der Waals surface area (Å²) in [5.41, 5.74) is -0.167. The fourth-order valence-corrected chi connectivity index (χ4v) is 2.19. The second-order valence-electron chi connectivity index (χ2n) is 7.48. The first-order valence-electron chi connectivity index (χ1n) is 7.90. The van der Waals surface area contributed by atoms with Crippen LogP contribution in [0.2, 0.25) is 0 Å². The van der Waals surface area contributed by atoms with Gasteiger partial charge in [-0.1, -0.05) is 52.8 Å². The van der Waals surface area contributed by atoms with Crippen LogP contribution in [0, 0.1) is 5.41 Å². The molecule has 1 aromatic rings. The number of carbonyl (C=O) groups excluding carboxylic acids is 3. The van der Waals surface area contributed by atoms with Gasteiger partial charge in [0.25, 0.3) is 0 Å². The number of hydrogen-bond acceptors (Lipinski definition) is 5. The maximum absolute atomic E-state index is 12.4. The normalized spacial score (nSPS) is 11.8. The summed E-state index contributed by atoms with van der Waals surface area (Å²) >= 11 is 0. The SMILES string of the molecule is CC(=O)OCC(=O)Oc1ccccc1C(C)(C)CC(=O)C(C)(C)C. The molecule has 0 radical (unpaired) electrons. The van der Waals surface area contributed by atoms with Gasteiger partial charge in [-0.15, -0.1) is 0 Å². The molecule has 0 aliphatic rings. The van der Waals surface area contributed by atoms with Crippen molar-refractivity contribution in [1.82, 2.24) is 0 Å². The molecule has 0 saturated heterocycles. The van der Waals surface area contributed by atoms with Crippen LogP contribution < -0.4 is 4.74 Å². The molecule has 24 heavy (non-hydrogen) atoms. The molecule has 0 aliphatic carbocycles. The van der Waals surface area contributed by atoms with Gasteiger partial charge in [0, 0.05) is 29.7 Å². The number of ketones is 1. The van der Waals surface area contributed by atoms with Crippen molar-refractivity contribution >= 4 is 17.7 Å². The Kier molecular flexibility index (Phi) is 6.29. The Morgan fingerprint density at radius 2 is 1.58 bits per heavy atom. The van der Waals surface area contributed by atoms with Gasteiger partial charge in [0.15, 0.2) is 6.61 Å². The van der Waals surface area contributed by atoms with Crippen molar-refractivity contribution < 1.29 is 23.9 Å². The van der Waals surface area contributed by atoms with E-state index in [0.29, 0.717) is 12.2 Å². The van der Waals surface area contributed by atoms with E-state index in [4.69, 9.17) is 4.74 Å². The summed E-state index contributed by atoms with van der Waals surface area (Å²) in [6.07, 6.45) is 0.328. The van der Waals surface area contributed by atoms with Gasteiger partial charge in [-0.05, 0) is 6.07 Å². The molecule has 0 saturated carbocycles. The standard InChI is InChI=1S/C19H26O5/c1-13(20)23-12-17(22)24-15-10-8-7-9-14(15)19(5,6)11-16(21)18(2,3)4/h7-10H,11-12H2,1-6H3. The lowest BCUT2D eigenvalue weighted by molar-refractivity contribution is -0.152. The second kappa shape index (κ2) is 7.60. The Morgan fingerprint density at radius 3 is 2.12 bits per heavy atom. The van der Waals surface area contributed by atoms with Crippen LogP contribution in [0.5, 0.6) is 5.75 Å². The summed E-state index contributed by atoms with van der Waals surface area (Å²) in [4.78, 5) is 35.0. The van der Waals surface area contributed by atoms with Crippen LogP contribution in [0.25, 0.3) is 0 Å². The predicted octanol–water partition coefficient (Wildman–Crippen LogP) is 3.44. The highest BCUT2D eigenvalue weighted by atomic mass is 16.6. The quantitative estimate of drug-likeness (QED) is 0.589. The van der Waals surface area contributed by atoms with Gasteiger partial charge in [-0.2, -0.15) is 0 Å². The fourth-order valence-electron chi connectivity index (χ4n) is 2.19. The predicted molar refractivity (Wildman–Crippen MR) is 90.8 cm³/mol. The molecular weight excluding hydrogens is 308 g/mol. The minimum absolute atomic E-state index is 0.133. The molecule has 0 aromatic heterocycles. The molecule has 5 heteroatoms. The van der Waals surface area contributed by atoms with E-state index >= 15 is 0 Å². The van der Waals surface area contributed by atoms with Crippen LogP contribution in [-0.4, -0.2) is 24.3 Å². The molecule has 1 aromatic carbocycles. The highest BCUT2D eigenvalue weighted by molar-refractivity contribution is 5.85. The molecule has 0 amide bonds. The molecular formula is C19H26O5. The first kappa shape index (κ1) is 19.9. The third-order valence-electron chi connectivity index (χ3n) is 3.67. The number of benzene rings is 1. The van der Waals surface area contributed by atoms with E-state index in [1.165, 1.54) is 6.92 Å². The van der Waals surface area contributed by atoms with E-state index in [9.17, 15) is 14.4 Å². The summed E-state index contributed by atoms with van der Waals surface area (Å²) < 4.78 is 9.97. The number of para-hydroxylation sites is 1. The highest BCUT2D eigenvalue weighted by Gasteiger charge is 2.32. The first-order valence-corrected chi connectivity index (χ1v) is 7.90. The van der Waals surface area contributed by atoms with Crippen LogP contribution in [0.3, 0.4) is 0 Å². The van der Waals surface area contributed by atoms with Crippen molar-refractivity contribution in [1.29, 1.82) is 0 Å². The van der Waals surface area contributed by atoms with E-state index in [1.54, 1.807) is 12.1 Å². The fraction of sp³-hybridized carbons (Fsp3) is 0.526. The Hall–Kier alpha value is -2.17. The molecule has 5 nitrogen and oxygen atoms in total. The minimum atomic E-state index is -0.657. The van der Waals surface area contributed by atoms with Crippen molar-refractivity contribution in [2.24, 2.45) is 5.41 Å². The molecule has 0 bridgehead atoms. The molecule has 0 aliphatic heterocycles. The van der Waals surface area contributed by atoms with Crippen molar-refractivity contribution in [3.63, 3.8) is 0 Å². The molecule has 1 rings (SSSR count). The maximum atomic E-state index is 12.4. The zero-order valence-electron chi connectivity index (χ0n) is 15.3. The van der Waals surface area contributed by atoms with E-state index in [-0.39, 0.29) is 5.78 Å². The molecule has 0 N–H and O–H groups in total. The molecule has 0 atom stereocenters. The van der Waals surface area contributed by atoms with Crippen LogP contribution >= 0.6 is 0 Å². The Morgan fingerprint density at radius 1 is 1.00 bits per heavy atom. The minimum Gasteiger partial charge on any atom is -0.454 e. The molecule has 0 unspecified atom stereocenters. The van der Waals surface area contributed by atoms with E-state index in [0.717, 1.165) is 5.56 Å². The van der Waals surface area contributed by atoms with Gasteiger partial charge in [0.2, 0.25) is 0 Å². The third kappa shape index (κ3) is 5.80. The average Bonchev–Trinajstić information content (AvgIpc) is 2.44. The lowest BCUT2D eigenvalue weighted by Crippen LogP contribution is -2.30. The van der Waals surface area contributed by atoms with Crippen molar-refractivity contribution in [2.45, 2.75) is 53.4 Å². The second-order valence-corrected chi connectivity index (χ2v) is 7.48. The Bertz CT molecular complexity index is 623. The number of rotatable bonds is 6. The van der Waals surface area contributed by atoms with Crippen molar-refractivity contribution in [2.75, 3.05) is 6.61 Å². The van der Waals surface area contributed by atoms with Crippen LogP contribution in [-0.2, 0) is 24.5 Å². The summed E-state index contributed by atoms with van der Waals surface area (Å²) in [6, 6.07) is 7.09. The van der Waals surface area contributed by atoms with E-state index < -0.39 is 29.4 Å². The summed E-state index contributed by atoms with van der Waals surface area (Å²) in [6.45, 7) is 10.3. The number of hydrogen-bond donors (Lipinski definition) is 0. The molecule has 132 valence electrons. The molecule has 0 heterocycles. The highest BCUT2D eigenvalue weighted by Crippen LogP contribution is 2.36. The monoisotopic (exact) mass is 334 g/mol. The number of esters is 2. The lowest BCUT2D eigenvalue weighted by atomic mass is 9.75. The topological polar surface area (TPSA) is 69.7 Å². The van der Waals surface area contributed by atoms with E-state index in [2.05, 4.69) is 4.74 Å². The van der Waals surface area contributed by atoms with Gasteiger partial charge >= 0.3 is 11.9 Å². The third-order valence-corrected chi connectivity index (χ3v) is 3.67. The maximum Gasteiger partial charge on any atom is 0.349 e. The number of ether oxygens (including phenoxy) is 2. The number of Topliss-reactive ketones (excluding diaryl/α,β-unsaturated/α-hetero) is 1. The van der Waals surface area contributed by atoms with Crippen molar-refractivity contribution in [3.05, 3.63) is 29.8 Å². The zero-order valence-corrected chi connectivity index (χ0v) is 15.3. The first-order chi connectivity index (χ1) is 10.9. The van der Waals surface area contributed by atoms with Gasteiger partial charge in [0.05, 0.1) is 0 Å². The summed E-state index contributed by atoms with van der Waals surface area (Å²) in [7, 11) is 0. The summed E-state index contributed by atoms with van der Waals surface area (Å²) in [5.74, 6) is -0.693. The summed E-state index contributed by atoms with van der Waals surface area (Å²) in [5, 5.41) is 0. The van der Waals surface area contributed by atoms with Crippen LogP contribution in [0.4, 0.5) is 0 Å².